The number of likely N-dealkylation sites (N-methyl/N-ethyl adjacent to an activating group) is 1. The van der Waals surface area contributed by atoms with Crippen LogP contribution in [0.3, 0.4) is 0 Å². The van der Waals surface area contributed by atoms with Crippen LogP contribution in [0.5, 0.6) is 0 Å². The number of nitrogens with two attached hydrogens (primary N) is 1. The second-order valence-corrected chi connectivity index (χ2v) is 5.64. The zero-order chi connectivity index (χ0) is 11.9. The number of carbonyl (C=O) groups excluding carboxylic acids is 1. The second-order valence-electron chi connectivity index (χ2n) is 5.64. The average Bonchev–Trinajstić information content (AvgIpc) is 3.04. The number of rotatable bonds is 2. The number of hydrogen-bond donors (Lipinski definition) is 1. The van der Waals surface area contributed by atoms with Gasteiger partial charge in [-0.1, -0.05) is 0 Å². The molecular weight excluding hydrogens is 202 g/mol. The minimum Gasteiger partial charge on any atom is -0.338 e. The van der Waals surface area contributed by atoms with E-state index in [1.807, 2.05) is 11.8 Å². The molecule has 0 spiro atoms. The van der Waals surface area contributed by atoms with Crippen molar-refractivity contribution in [3.63, 3.8) is 0 Å². The third kappa shape index (κ3) is 2.09. The molecule has 1 heterocycles. The molecule has 2 fully saturated rings. The predicted molar refractivity (Wildman–Crippen MR) is 64.0 cm³/mol. The highest BCUT2D eigenvalue weighted by atomic mass is 16.2. The van der Waals surface area contributed by atoms with E-state index in [1.165, 1.54) is 0 Å². The Hall–Kier alpha value is -0.610. The molecule has 0 aromatic heterocycles. The van der Waals surface area contributed by atoms with Crippen LogP contribution in [-0.4, -0.2) is 54.0 Å². The maximum absolute atomic E-state index is 12.3. The van der Waals surface area contributed by atoms with Gasteiger partial charge in [0.2, 0.25) is 5.91 Å². The Bertz CT molecular complexity index is 286. The van der Waals surface area contributed by atoms with Gasteiger partial charge in [-0.15, -0.1) is 0 Å². The summed E-state index contributed by atoms with van der Waals surface area (Å²) in [5.74, 6) is 0.560. The van der Waals surface area contributed by atoms with Crippen LogP contribution in [0.15, 0.2) is 0 Å². The predicted octanol–water partition coefficient (Wildman–Crippen LogP) is 0.276. The van der Waals surface area contributed by atoms with Crippen molar-refractivity contribution < 1.29 is 4.79 Å². The fraction of sp³-hybridized carbons (Fsp3) is 0.917. The standard InChI is InChI=1S/C12H23N3O/c1-9-8-15(7-6-14(9)3)11(16)12(2,13)10-4-5-10/h9-10H,4-8,13H2,1-3H3. The summed E-state index contributed by atoms with van der Waals surface area (Å²) in [6.45, 7) is 6.64. The van der Waals surface area contributed by atoms with Gasteiger partial charge in [0.1, 0.15) is 0 Å². The van der Waals surface area contributed by atoms with Crippen LogP contribution in [0.25, 0.3) is 0 Å². The summed E-state index contributed by atoms with van der Waals surface area (Å²) >= 11 is 0. The topological polar surface area (TPSA) is 49.6 Å². The maximum Gasteiger partial charge on any atom is 0.242 e. The van der Waals surface area contributed by atoms with Crippen molar-refractivity contribution in [2.24, 2.45) is 11.7 Å². The molecule has 0 radical (unpaired) electrons. The van der Waals surface area contributed by atoms with Crippen LogP contribution < -0.4 is 5.73 Å². The molecule has 0 bridgehead atoms. The fourth-order valence-electron chi connectivity index (χ4n) is 2.43. The van der Waals surface area contributed by atoms with E-state index in [-0.39, 0.29) is 5.91 Å². The Morgan fingerprint density at radius 3 is 2.50 bits per heavy atom. The van der Waals surface area contributed by atoms with E-state index in [2.05, 4.69) is 18.9 Å². The van der Waals surface area contributed by atoms with Gasteiger partial charge >= 0.3 is 0 Å². The minimum absolute atomic E-state index is 0.148. The van der Waals surface area contributed by atoms with Crippen LogP contribution in [0.2, 0.25) is 0 Å². The molecule has 1 aliphatic heterocycles. The Labute approximate surface area is 97.8 Å². The molecular formula is C12H23N3O. The number of amides is 1. The Kier molecular flexibility index (Phi) is 2.97. The first kappa shape index (κ1) is 11.9. The van der Waals surface area contributed by atoms with Crippen molar-refractivity contribution in [2.45, 2.75) is 38.3 Å². The minimum atomic E-state index is -0.629. The van der Waals surface area contributed by atoms with Gasteiger partial charge in [0.15, 0.2) is 0 Å². The summed E-state index contributed by atoms with van der Waals surface area (Å²) in [6, 6.07) is 0.438. The smallest absolute Gasteiger partial charge is 0.242 e. The normalized spacial score (nSPS) is 31.2. The van der Waals surface area contributed by atoms with Crippen molar-refractivity contribution in [1.29, 1.82) is 0 Å². The third-order valence-corrected chi connectivity index (χ3v) is 4.13. The van der Waals surface area contributed by atoms with Crippen molar-refractivity contribution >= 4 is 5.91 Å². The lowest BCUT2D eigenvalue weighted by Crippen LogP contribution is -2.60. The first-order valence-electron chi connectivity index (χ1n) is 6.21. The maximum atomic E-state index is 12.3. The molecule has 2 rings (SSSR count). The molecule has 1 saturated heterocycles. The number of hydrogen-bond acceptors (Lipinski definition) is 3. The third-order valence-electron chi connectivity index (χ3n) is 4.13. The molecule has 1 amide bonds. The zero-order valence-electron chi connectivity index (χ0n) is 10.6. The van der Waals surface area contributed by atoms with E-state index in [1.54, 1.807) is 0 Å². The first-order valence-corrected chi connectivity index (χ1v) is 6.21. The van der Waals surface area contributed by atoms with E-state index in [9.17, 15) is 4.79 Å². The average molecular weight is 225 g/mol. The highest BCUT2D eigenvalue weighted by molar-refractivity contribution is 5.86. The highest BCUT2D eigenvalue weighted by Crippen LogP contribution is 2.39. The Morgan fingerprint density at radius 1 is 1.38 bits per heavy atom. The summed E-state index contributed by atoms with van der Waals surface area (Å²) < 4.78 is 0. The lowest BCUT2D eigenvalue weighted by molar-refractivity contribution is -0.139. The molecule has 1 saturated carbocycles. The molecule has 2 unspecified atom stereocenters. The van der Waals surface area contributed by atoms with Crippen LogP contribution in [0, 0.1) is 5.92 Å². The van der Waals surface area contributed by atoms with Gasteiger partial charge in [-0.3, -0.25) is 4.79 Å². The van der Waals surface area contributed by atoms with E-state index in [0.29, 0.717) is 12.0 Å². The number of carbonyl (C=O) groups is 1. The van der Waals surface area contributed by atoms with Crippen LogP contribution in [0.4, 0.5) is 0 Å². The first-order chi connectivity index (χ1) is 7.43. The monoisotopic (exact) mass is 225 g/mol. The lowest BCUT2D eigenvalue weighted by Gasteiger charge is -2.41. The quantitative estimate of drug-likeness (QED) is 0.734. The summed E-state index contributed by atoms with van der Waals surface area (Å²) in [5.41, 5.74) is 5.54. The number of piperazine rings is 1. The summed E-state index contributed by atoms with van der Waals surface area (Å²) in [6.07, 6.45) is 2.23. The molecule has 4 heteroatoms. The molecule has 92 valence electrons. The summed E-state index contributed by atoms with van der Waals surface area (Å²) in [5, 5.41) is 0. The lowest BCUT2D eigenvalue weighted by atomic mass is 9.94. The van der Waals surface area contributed by atoms with Gasteiger partial charge in [-0.05, 0) is 39.7 Å². The van der Waals surface area contributed by atoms with Crippen LogP contribution in [-0.2, 0) is 4.79 Å². The van der Waals surface area contributed by atoms with Crippen LogP contribution >= 0.6 is 0 Å². The highest BCUT2D eigenvalue weighted by Gasteiger charge is 2.46. The summed E-state index contributed by atoms with van der Waals surface area (Å²) in [7, 11) is 2.11. The zero-order valence-corrected chi connectivity index (χ0v) is 10.6. The molecule has 0 aromatic carbocycles. The molecule has 2 N–H and O–H groups in total. The molecule has 0 aromatic rings. The Balaban J connectivity index is 1.99. The van der Waals surface area contributed by atoms with E-state index >= 15 is 0 Å². The van der Waals surface area contributed by atoms with Gasteiger partial charge < -0.3 is 15.5 Å². The molecule has 1 aliphatic carbocycles. The molecule has 16 heavy (non-hydrogen) atoms. The largest absolute Gasteiger partial charge is 0.338 e. The van der Waals surface area contributed by atoms with Crippen LogP contribution in [0.1, 0.15) is 26.7 Å². The summed E-state index contributed by atoms with van der Waals surface area (Å²) in [4.78, 5) is 16.6. The number of nitrogens with zero attached hydrogens (tertiary/aromatic N) is 2. The fourth-order valence-corrected chi connectivity index (χ4v) is 2.43. The van der Waals surface area contributed by atoms with Gasteiger partial charge in [0, 0.05) is 25.7 Å². The van der Waals surface area contributed by atoms with E-state index in [4.69, 9.17) is 5.73 Å². The van der Waals surface area contributed by atoms with Crippen molar-refractivity contribution in [2.75, 3.05) is 26.7 Å². The van der Waals surface area contributed by atoms with Gasteiger partial charge in [0.25, 0.3) is 0 Å². The Morgan fingerprint density at radius 2 is 2.00 bits per heavy atom. The SMILES string of the molecule is CC1CN(C(=O)C(C)(N)C2CC2)CCN1C. The van der Waals surface area contributed by atoms with Gasteiger partial charge in [-0.2, -0.15) is 0 Å². The van der Waals surface area contributed by atoms with Gasteiger partial charge in [0.05, 0.1) is 5.54 Å². The van der Waals surface area contributed by atoms with E-state index < -0.39 is 5.54 Å². The van der Waals surface area contributed by atoms with Gasteiger partial charge in [-0.25, -0.2) is 0 Å². The second kappa shape index (κ2) is 4.00. The molecule has 2 aliphatic rings. The molecule has 4 nitrogen and oxygen atoms in total. The van der Waals surface area contributed by atoms with E-state index in [0.717, 1.165) is 32.5 Å². The van der Waals surface area contributed by atoms with Crippen molar-refractivity contribution in [3.05, 3.63) is 0 Å². The van der Waals surface area contributed by atoms with Crippen molar-refractivity contribution in [3.8, 4) is 0 Å². The van der Waals surface area contributed by atoms with Crippen molar-refractivity contribution in [1.82, 2.24) is 9.80 Å². The molecule has 2 atom stereocenters.